The van der Waals surface area contributed by atoms with Crippen molar-refractivity contribution in [3.8, 4) is 0 Å². The quantitative estimate of drug-likeness (QED) is 0.388. The van der Waals surface area contributed by atoms with Gasteiger partial charge in [0.05, 0.1) is 0 Å². The van der Waals surface area contributed by atoms with Crippen LogP contribution in [0.15, 0.2) is 17.7 Å². The zero-order valence-corrected chi connectivity index (χ0v) is 4.98. The zero-order chi connectivity index (χ0) is 6.41. The summed E-state index contributed by atoms with van der Waals surface area (Å²) >= 11 is 0. The largest absolute Gasteiger partial charge is 0.233 e. The van der Waals surface area contributed by atoms with Crippen molar-refractivity contribution < 1.29 is 4.79 Å². The van der Waals surface area contributed by atoms with Gasteiger partial charge in [0.1, 0.15) is 5.94 Å². The Morgan fingerprint density at radius 1 is 1.88 bits per heavy atom. The summed E-state index contributed by atoms with van der Waals surface area (Å²) in [5.74, 6) is 1.68. The van der Waals surface area contributed by atoms with Crippen LogP contribution in [0.3, 0.4) is 0 Å². The Morgan fingerprint density at radius 2 is 2.50 bits per heavy atom. The average molecular weight is 109 g/mol. The molecule has 0 amide bonds. The first kappa shape index (κ1) is 7.19. The summed E-state index contributed by atoms with van der Waals surface area (Å²) in [5.41, 5.74) is 0.926. The molecule has 0 bridgehead atoms. The molecule has 0 aromatic heterocycles. The van der Waals surface area contributed by atoms with E-state index in [2.05, 4.69) is 6.92 Å². The standard InChI is InChI=1S/C7H9O/c1-3-4-7(2)5-6-8/h4-5H,1,3H2,2H3/b7-4+. The van der Waals surface area contributed by atoms with Gasteiger partial charge in [-0.05, 0) is 25.8 Å². The van der Waals surface area contributed by atoms with Crippen LogP contribution in [0.2, 0.25) is 0 Å². The van der Waals surface area contributed by atoms with Crippen molar-refractivity contribution in [1.29, 1.82) is 0 Å². The van der Waals surface area contributed by atoms with Crippen LogP contribution in [0.25, 0.3) is 0 Å². The summed E-state index contributed by atoms with van der Waals surface area (Å²) in [5, 5.41) is 0. The molecule has 0 spiro atoms. The van der Waals surface area contributed by atoms with E-state index in [4.69, 9.17) is 0 Å². The Balaban J connectivity index is 3.79. The first-order valence-corrected chi connectivity index (χ1v) is 2.48. The highest BCUT2D eigenvalue weighted by molar-refractivity contribution is 5.51. The van der Waals surface area contributed by atoms with Crippen LogP contribution in [0.5, 0.6) is 0 Å². The van der Waals surface area contributed by atoms with Crippen LogP contribution < -0.4 is 0 Å². The summed E-state index contributed by atoms with van der Waals surface area (Å²) in [6, 6.07) is 0. The molecular weight excluding hydrogens is 100 g/mol. The molecule has 0 aromatic carbocycles. The van der Waals surface area contributed by atoms with Gasteiger partial charge in [-0.1, -0.05) is 6.08 Å². The highest BCUT2D eigenvalue weighted by Gasteiger charge is 1.75. The SMILES string of the molecule is [CH2]C/C=C(\C)C=C=O. The smallest absolute Gasteiger partial charge is 0.124 e. The van der Waals surface area contributed by atoms with Gasteiger partial charge < -0.3 is 0 Å². The van der Waals surface area contributed by atoms with Crippen molar-refractivity contribution in [1.82, 2.24) is 0 Å². The highest BCUT2D eigenvalue weighted by atomic mass is 16.1. The molecule has 0 unspecified atom stereocenters. The fourth-order valence-corrected chi connectivity index (χ4v) is 0.380. The number of hydrogen-bond donors (Lipinski definition) is 0. The monoisotopic (exact) mass is 109 g/mol. The topological polar surface area (TPSA) is 17.1 Å². The van der Waals surface area contributed by atoms with Gasteiger partial charge in [-0.15, -0.1) is 0 Å². The van der Waals surface area contributed by atoms with Crippen LogP contribution in [0.1, 0.15) is 13.3 Å². The van der Waals surface area contributed by atoms with Crippen molar-refractivity contribution >= 4 is 5.94 Å². The van der Waals surface area contributed by atoms with Crippen molar-refractivity contribution in [3.05, 3.63) is 24.6 Å². The predicted octanol–water partition coefficient (Wildman–Crippen LogP) is 1.54. The number of rotatable bonds is 2. The number of hydrogen-bond acceptors (Lipinski definition) is 1. The number of allylic oxidation sites excluding steroid dienone is 3. The first-order valence-electron chi connectivity index (χ1n) is 2.48. The minimum Gasteiger partial charge on any atom is -0.233 e. The molecular formula is C7H9O. The summed E-state index contributed by atoms with van der Waals surface area (Å²) in [6.07, 6.45) is 3.99. The highest BCUT2D eigenvalue weighted by Crippen LogP contribution is 1.92. The van der Waals surface area contributed by atoms with E-state index in [1.165, 1.54) is 6.08 Å². The van der Waals surface area contributed by atoms with Gasteiger partial charge in [-0.2, -0.15) is 0 Å². The third-order valence-electron chi connectivity index (χ3n) is 0.753. The molecule has 43 valence electrons. The van der Waals surface area contributed by atoms with Crippen LogP contribution in [0.4, 0.5) is 0 Å². The molecule has 0 aliphatic carbocycles. The Labute approximate surface area is 49.7 Å². The van der Waals surface area contributed by atoms with Crippen LogP contribution >= 0.6 is 0 Å². The third kappa shape index (κ3) is 3.38. The van der Waals surface area contributed by atoms with Gasteiger partial charge >= 0.3 is 0 Å². The Bertz CT molecular complexity index is 127. The maximum absolute atomic E-state index is 9.65. The molecule has 0 aliphatic heterocycles. The molecule has 1 nitrogen and oxygen atoms in total. The lowest BCUT2D eigenvalue weighted by Gasteiger charge is -1.81. The van der Waals surface area contributed by atoms with E-state index in [1.807, 2.05) is 13.0 Å². The molecule has 0 fully saturated rings. The fraction of sp³-hybridized carbons (Fsp3) is 0.286. The van der Waals surface area contributed by atoms with Gasteiger partial charge in [0.15, 0.2) is 0 Å². The lowest BCUT2D eigenvalue weighted by Crippen LogP contribution is -1.65. The second-order valence-corrected chi connectivity index (χ2v) is 1.50. The minimum atomic E-state index is 0.726. The first-order chi connectivity index (χ1) is 3.81. The van der Waals surface area contributed by atoms with Crippen molar-refractivity contribution in [2.24, 2.45) is 0 Å². The van der Waals surface area contributed by atoms with E-state index in [1.54, 1.807) is 5.94 Å². The fourth-order valence-electron chi connectivity index (χ4n) is 0.380. The molecule has 0 saturated heterocycles. The molecule has 0 aliphatic rings. The molecule has 0 heterocycles. The van der Waals surface area contributed by atoms with Crippen molar-refractivity contribution in [3.63, 3.8) is 0 Å². The molecule has 0 saturated carbocycles. The van der Waals surface area contributed by atoms with Gasteiger partial charge in [-0.25, -0.2) is 4.79 Å². The third-order valence-corrected chi connectivity index (χ3v) is 0.753. The molecule has 0 rings (SSSR count). The maximum atomic E-state index is 9.65. The van der Waals surface area contributed by atoms with Crippen LogP contribution in [-0.4, -0.2) is 5.94 Å². The summed E-state index contributed by atoms with van der Waals surface area (Å²) in [7, 11) is 0. The molecule has 0 aromatic rings. The maximum Gasteiger partial charge on any atom is 0.124 e. The Kier molecular flexibility index (Phi) is 3.91. The molecule has 1 radical (unpaired) electrons. The summed E-state index contributed by atoms with van der Waals surface area (Å²) < 4.78 is 0. The van der Waals surface area contributed by atoms with E-state index in [-0.39, 0.29) is 0 Å². The summed E-state index contributed by atoms with van der Waals surface area (Å²) in [6.45, 7) is 5.43. The van der Waals surface area contributed by atoms with Gasteiger partial charge in [0.2, 0.25) is 0 Å². The summed E-state index contributed by atoms with van der Waals surface area (Å²) in [4.78, 5) is 9.65. The van der Waals surface area contributed by atoms with Gasteiger partial charge in [-0.3, -0.25) is 0 Å². The van der Waals surface area contributed by atoms with E-state index >= 15 is 0 Å². The molecule has 1 heteroatoms. The lowest BCUT2D eigenvalue weighted by molar-refractivity contribution is 0.569. The second-order valence-electron chi connectivity index (χ2n) is 1.50. The van der Waals surface area contributed by atoms with Crippen LogP contribution in [0, 0.1) is 6.92 Å². The number of carbonyl (C=O) groups excluding carboxylic acids is 1. The van der Waals surface area contributed by atoms with E-state index < -0.39 is 0 Å². The molecule has 0 N–H and O–H groups in total. The minimum absolute atomic E-state index is 0.726. The van der Waals surface area contributed by atoms with Crippen molar-refractivity contribution in [2.75, 3.05) is 0 Å². The normalized spacial score (nSPS) is 10.5. The Hall–Kier alpha value is -0.810. The lowest BCUT2D eigenvalue weighted by atomic mass is 10.2. The van der Waals surface area contributed by atoms with Gasteiger partial charge in [0.25, 0.3) is 0 Å². The van der Waals surface area contributed by atoms with E-state index in [9.17, 15) is 4.79 Å². The van der Waals surface area contributed by atoms with E-state index in [0.29, 0.717) is 0 Å². The molecule has 0 atom stereocenters. The van der Waals surface area contributed by atoms with Crippen molar-refractivity contribution in [2.45, 2.75) is 13.3 Å². The van der Waals surface area contributed by atoms with E-state index in [0.717, 1.165) is 12.0 Å². The zero-order valence-electron chi connectivity index (χ0n) is 4.98. The van der Waals surface area contributed by atoms with Gasteiger partial charge in [0, 0.05) is 6.08 Å². The second kappa shape index (κ2) is 4.35. The Morgan fingerprint density at radius 3 is 2.88 bits per heavy atom. The van der Waals surface area contributed by atoms with Crippen LogP contribution in [-0.2, 0) is 4.79 Å². The molecule has 8 heavy (non-hydrogen) atoms. The average Bonchev–Trinajstić information content (AvgIpc) is 1.68. The predicted molar refractivity (Wildman–Crippen MR) is 34.0 cm³/mol.